The summed E-state index contributed by atoms with van der Waals surface area (Å²) in [4.78, 5) is 25.9. The van der Waals surface area contributed by atoms with Gasteiger partial charge < -0.3 is 10.1 Å². The average Bonchev–Trinajstić information content (AvgIpc) is 2.39. The highest BCUT2D eigenvalue weighted by Crippen LogP contribution is 2.17. The van der Waals surface area contributed by atoms with Gasteiger partial charge in [-0.3, -0.25) is 14.5 Å². The minimum absolute atomic E-state index is 0.00199. The molecule has 1 heterocycles. The molecule has 5 heteroatoms. The smallest absolute Gasteiger partial charge is 0.323 e. The maximum Gasteiger partial charge on any atom is 0.323 e. The molecule has 0 bridgehead atoms. The van der Waals surface area contributed by atoms with Gasteiger partial charge in [0.1, 0.15) is 6.04 Å². The molecule has 20 heavy (non-hydrogen) atoms. The molecule has 1 rings (SSSR count). The normalized spacial score (nSPS) is 21.2. The van der Waals surface area contributed by atoms with Gasteiger partial charge in [-0.1, -0.05) is 19.8 Å². The van der Waals surface area contributed by atoms with Crippen LogP contribution in [0.3, 0.4) is 0 Å². The number of likely N-dealkylation sites (tertiary alicyclic amines) is 1. The van der Waals surface area contributed by atoms with Gasteiger partial charge in [0.15, 0.2) is 0 Å². The Hall–Kier alpha value is -1.10. The van der Waals surface area contributed by atoms with E-state index in [4.69, 9.17) is 4.74 Å². The van der Waals surface area contributed by atoms with Crippen LogP contribution in [0.4, 0.5) is 0 Å². The molecule has 1 aliphatic heterocycles. The zero-order chi connectivity index (χ0) is 15.0. The van der Waals surface area contributed by atoms with E-state index in [-0.39, 0.29) is 30.5 Å². The fourth-order valence-corrected chi connectivity index (χ4v) is 2.70. The summed E-state index contributed by atoms with van der Waals surface area (Å²) >= 11 is 0. The van der Waals surface area contributed by atoms with Gasteiger partial charge in [0, 0.05) is 6.04 Å². The zero-order valence-electron chi connectivity index (χ0n) is 13.0. The summed E-state index contributed by atoms with van der Waals surface area (Å²) in [6.45, 7) is 7.40. The Kier molecular flexibility index (Phi) is 7.59. The molecule has 1 fully saturated rings. The van der Waals surface area contributed by atoms with Crippen molar-refractivity contribution in [1.29, 1.82) is 0 Å². The van der Waals surface area contributed by atoms with E-state index < -0.39 is 0 Å². The number of hydrogen-bond donors (Lipinski definition) is 1. The fourth-order valence-electron chi connectivity index (χ4n) is 2.70. The van der Waals surface area contributed by atoms with Crippen molar-refractivity contribution in [2.24, 2.45) is 0 Å². The molecular weight excluding hydrogens is 256 g/mol. The lowest BCUT2D eigenvalue weighted by molar-refractivity contribution is -0.151. The molecule has 116 valence electrons. The van der Waals surface area contributed by atoms with E-state index >= 15 is 0 Å². The summed E-state index contributed by atoms with van der Waals surface area (Å²) in [6, 6.07) is -0.0609. The highest BCUT2D eigenvalue weighted by atomic mass is 16.5. The first-order valence-corrected chi connectivity index (χ1v) is 7.78. The SMILES string of the molecule is CCCC(C)NC(=O)CN1CCCCC1C(=O)OCC. The maximum atomic E-state index is 12.0. The number of amides is 1. The highest BCUT2D eigenvalue weighted by molar-refractivity contribution is 5.80. The predicted molar refractivity (Wildman–Crippen MR) is 78.4 cm³/mol. The number of nitrogens with one attached hydrogen (secondary N) is 1. The number of carbonyl (C=O) groups excluding carboxylic acids is 2. The molecule has 0 spiro atoms. The predicted octanol–water partition coefficient (Wildman–Crippen LogP) is 1.71. The molecule has 5 nitrogen and oxygen atoms in total. The summed E-state index contributed by atoms with van der Waals surface area (Å²) in [6.07, 6.45) is 4.88. The second kappa shape index (κ2) is 8.95. The van der Waals surface area contributed by atoms with E-state index in [1.807, 2.05) is 18.7 Å². The fraction of sp³-hybridized carbons (Fsp3) is 0.867. The van der Waals surface area contributed by atoms with E-state index in [9.17, 15) is 9.59 Å². The molecular formula is C15H28N2O3. The van der Waals surface area contributed by atoms with Crippen molar-refractivity contribution in [3.05, 3.63) is 0 Å². The Bertz CT molecular complexity index is 320. The van der Waals surface area contributed by atoms with E-state index in [0.29, 0.717) is 6.61 Å². The van der Waals surface area contributed by atoms with Crippen molar-refractivity contribution < 1.29 is 14.3 Å². The monoisotopic (exact) mass is 284 g/mol. The third-order valence-electron chi connectivity index (χ3n) is 3.65. The lowest BCUT2D eigenvalue weighted by atomic mass is 10.0. The first-order valence-electron chi connectivity index (χ1n) is 7.78. The quantitative estimate of drug-likeness (QED) is 0.723. The second-order valence-electron chi connectivity index (χ2n) is 5.49. The summed E-state index contributed by atoms with van der Waals surface area (Å²) in [5.74, 6) is -0.191. The number of rotatable bonds is 7. The van der Waals surface area contributed by atoms with Gasteiger partial charge in [0.2, 0.25) is 5.91 Å². The van der Waals surface area contributed by atoms with Crippen LogP contribution in [0.25, 0.3) is 0 Å². The van der Waals surface area contributed by atoms with Crippen molar-refractivity contribution in [3.63, 3.8) is 0 Å². The molecule has 0 saturated carbocycles. The summed E-state index contributed by atoms with van der Waals surface area (Å²) < 4.78 is 5.10. The maximum absolute atomic E-state index is 12.0. The number of ether oxygens (including phenoxy) is 1. The van der Waals surface area contributed by atoms with Gasteiger partial charge >= 0.3 is 5.97 Å². The van der Waals surface area contributed by atoms with Gasteiger partial charge in [-0.2, -0.15) is 0 Å². The molecule has 1 aliphatic rings. The molecule has 1 N–H and O–H groups in total. The lowest BCUT2D eigenvalue weighted by Gasteiger charge is -2.33. The number of hydrogen-bond acceptors (Lipinski definition) is 4. The molecule has 1 saturated heterocycles. The Morgan fingerprint density at radius 1 is 1.35 bits per heavy atom. The molecule has 0 radical (unpaired) electrons. The molecule has 0 aliphatic carbocycles. The van der Waals surface area contributed by atoms with E-state index in [1.54, 1.807) is 0 Å². The largest absolute Gasteiger partial charge is 0.465 e. The van der Waals surface area contributed by atoms with Crippen molar-refractivity contribution in [3.8, 4) is 0 Å². The molecule has 1 amide bonds. The number of carbonyl (C=O) groups is 2. The second-order valence-corrected chi connectivity index (χ2v) is 5.49. The Balaban J connectivity index is 2.49. The van der Waals surface area contributed by atoms with Crippen molar-refractivity contribution in [1.82, 2.24) is 10.2 Å². The summed E-state index contributed by atoms with van der Waals surface area (Å²) in [5.41, 5.74) is 0. The van der Waals surface area contributed by atoms with Crippen molar-refractivity contribution >= 4 is 11.9 Å². The van der Waals surface area contributed by atoms with Gasteiger partial charge in [-0.25, -0.2) is 0 Å². The van der Waals surface area contributed by atoms with Crippen LogP contribution in [0.15, 0.2) is 0 Å². The van der Waals surface area contributed by atoms with Crippen molar-refractivity contribution in [2.45, 2.75) is 65.0 Å². The van der Waals surface area contributed by atoms with Crippen LogP contribution >= 0.6 is 0 Å². The minimum Gasteiger partial charge on any atom is -0.465 e. The number of esters is 1. The third kappa shape index (κ3) is 5.49. The summed E-state index contributed by atoms with van der Waals surface area (Å²) in [7, 11) is 0. The van der Waals surface area contributed by atoms with Gasteiger partial charge in [-0.15, -0.1) is 0 Å². The minimum atomic E-state index is -0.254. The van der Waals surface area contributed by atoms with Gasteiger partial charge in [-0.05, 0) is 39.7 Å². The number of piperidine rings is 1. The summed E-state index contributed by atoms with van der Waals surface area (Å²) in [5, 5.41) is 2.99. The topological polar surface area (TPSA) is 58.6 Å². The van der Waals surface area contributed by atoms with Crippen LogP contribution in [0.5, 0.6) is 0 Å². The van der Waals surface area contributed by atoms with E-state index in [1.165, 1.54) is 0 Å². The Morgan fingerprint density at radius 2 is 2.10 bits per heavy atom. The third-order valence-corrected chi connectivity index (χ3v) is 3.65. The first-order chi connectivity index (χ1) is 9.58. The Labute approximate surface area is 122 Å². The zero-order valence-corrected chi connectivity index (χ0v) is 13.0. The van der Waals surface area contributed by atoms with Gasteiger partial charge in [0.25, 0.3) is 0 Å². The molecule has 2 unspecified atom stereocenters. The van der Waals surface area contributed by atoms with Crippen LogP contribution in [-0.2, 0) is 14.3 Å². The van der Waals surface area contributed by atoms with Crippen LogP contribution in [0, 0.1) is 0 Å². The van der Waals surface area contributed by atoms with Crippen LogP contribution < -0.4 is 5.32 Å². The molecule has 0 aromatic carbocycles. The standard InChI is InChI=1S/C15H28N2O3/c1-4-8-12(3)16-14(18)11-17-10-7-6-9-13(17)15(19)20-5-2/h12-13H,4-11H2,1-3H3,(H,16,18). The van der Waals surface area contributed by atoms with Gasteiger partial charge in [0.05, 0.1) is 13.2 Å². The Morgan fingerprint density at radius 3 is 2.75 bits per heavy atom. The van der Waals surface area contributed by atoms with E-state index in [2.05, 4.69) is 12.2 Å². The van der Waals surface area contributed by atoms with Crippen LogP contribution in [0.1, 0.15) is 52.9 Å². The van der Waals surface area contributed by atoms with Crippen LogP contribution in [0.2, 0.25) is 0 Å². The molecule has 2 atom stereocenters. The molecule has 0 aromatic rings. The highest BCUT2D eigenvalue weighted by Gasteiger charge is 2.31. The van der Waals surface area contributed by atoms with E-state index in [0.717, 1.165) is 38.6 Å². The first kappa shape index (κ1) is 17.0. The van der Waals surface area contributed by atoms with Crippen molar-refractivity contribution in [2.75, 3.05) is 19.7 Å². The molecule has 0 aromatic heterocycles. The van der Waals surface area contributed by atoms with Crippen LogP contribution in [-0.4, -0.2) is 48.6 Å². The lowest BCUT2D eigenvalue weighted by Crippen LogP contribution is -2.50. The average molecular weight is 284 g/mol. The number of nitrogens with zero attached hydrogens (tertiary/aromatic N) is 1.